The maximum absolute atomic E-state index is 12.6. The fourth-order valence-electron chi connectivity index (χ4n) is 4.45. The fourth-order valence-corrected chi connectivity index (χ4v) is 4.45. The molecule has 2 amide bonds. The van der Waals surface area contributed by atoms with Gasteiger partial charge >= 0.3 is 0 Å². The number of hydrogen-bond acceptors (Lipinski definition) is 4. The summed E-state index contributed by atoms with van der Waals surface area (Å²) in [4.78, 5) is 35.9. The maximum atomic E-state index is 12.6. The highest BCUT2D eigenvalue weighted by molar-refractivity contribution is 6.21. The summed E-state index contributed by atoms with van der Waals surface area (Å²) in [5.74, 6) is 0.576. The Hall–Kier alpha value is -3.80. The molecule has 5 rings (SSSR count). The Labute approximate surface area is 186 Å². The second-order valence-corrected chi connectivity index (χ2v) is 8.16. The van der Waals surface area contributed by atoms with Crippen LogP contribution < -0.4 is 0 Å². The molecule has 0 radical (unpaired) electrons. The quantitative estimate of drug-likeness (QED) is 0.444. The first-order valence-corrected chi connectivity index (χ1v) is 10.9. The highest BCUT2D eigenvalue weighted by Crippen LogP contribution is 2.26. The number of fused-ring (bicyclic) bond motifs is 2. The molecule has 0 saturated carbocycles. The Morgan fingerprint density at radius 3 is 2.16 bits per heavy atom. The van der Waals surface area contributed by atoms with E-state index in [1.54, 1.807) is 24.3 Å². The van der Waals surface area contributed by atoms with E-state index in [-0.39, 0.29) is 11.8 Å². The normalized spacial score (nSPS) is 13.3. The first-order chi connectivity index (χ1) is 15.5. The number of pyridine rings is 1. The average Bonchev–Trinajstić information content (AvgIpc) is 3.28. The van der Waals surface area contributed by atoms with Gasteiger partial charge in [0.15, 0.2) is 0 Å². The zero-order chi connectivity index (χ0) is 22.4. The summed E-state index contributed by atoms with van der Waals surface area (Å²) in [6, 6.07) is 17.3. The Bertz CT molecular complexity index is 1330. The predicted octanol–water partition coefficient (Wildman–Crippen LogP) is 4.44. The summed E-state index contributed by atoms with van der Waals surface area (Å²) < 4.78 is 2.19. The summed E-state index contributed by atoms with van der Waals surface area (Å²) in [7, 11) is 0. The van der Waals surface area contributed by atoms with Crippen LogP contribution in [0.2, 0.25) is 0 Å². The van der Waals surface area contributed by atoms with Crippen molar-refractivity contribution in [1.82, 2.24) is 19.4 Å². The van der Waals surface area contributed by atoms with E-state index in [0.717, 1.165) is 45.9 Å². The highest BCUT2D eigenvalue weighted by atomic mass is 16.2. The lowest BCUT2D eigenvalue weighted by Crippen LogP contribution is -2.31. The van der Waals surface area contributed by atoms with Crippen LogP contribution >= 0.6 is 0 Å². The summed E-state index contributed by atoms with van der Waals surface area (Å²) in [5.41, 5.74) is 7.00. The third-order valence-electron chi connectivity index (χ3n) is 6.03. The van der Waals surface area contributed by atoms with Gasteiger partial charge in [0.25, 0.3) is 11.8 Å². The number of aromatic nitrogens is 3. The smallest absolute Gasteiger partial charge is 0.261 e. The zero-order valence-corrected chi connectivity index (χ0v) is 18.4. The minimum atomic E-state index is -0.209. The van der Waals surface area contributed by atoms with E-state index in [4.69, 9.17) is 4.98 Å². The highest BCUT2D eigenvalue weighted by Gasteiger charge is 2.34. The van der Waals surface area contributed by atoms with E-state index in [2.05, 4.69) is 46.8 Å². The number of carbonyl (C=O) groups excluding carboxylic acids is 2. The molecule has 160 valence electrons. The number of aryl methyl sites for hydroxylation is 3. The molecule has 2 aromatic carbocycles. The lowest BCUT2D eigenvalue weighted by atomic mass is 10.1. The Morgan fingerprint density at radius 1 is 0.875 bits per heavy atom. The topological polar surface area (TPSA) is 68.1 Å². The van der Waals surface area contributed by atoms with Crippen molar-refractivity contribution in [1.29, 1.82) is 0 Å². The average molecular weight is 425 g/mol. The lowest BCUT2D eigenvalue weighted by molar-refractivity contribution is 0.0656. The molecule has 0 atom stereocenters. The van der Waals surface area contributed by atoms with Crippen molar-refractivity contribution in [3.63, 3.8) is 0 Å². The van der Waals surface area contributed by atoms with Gasteiger partial charge < -0.3 is 0 Å². The van der Waals surface area contributed by atoms with Crippen LogP contribution in [0.1, 0.15) is 50.4 Å². The van der Waals surface area contributed by atoms with E-state index >= 15 is 0 Å². The maximum Gasteiger partial charge on any atom is 0.261 e. The van der Waals surface area contributed by atoms with Crippen LogP contribution in [0.15, 0.2) is 54.6 Å². The number of carbonyl (C=O) groups is 2. The van der Waals surface area contributed by atoms with Gasteiger partial charge in [-0.1, -0.05) is 31.2 Å². The van der Waals surface area contributed by atoms with Crippen molar-refractivity contribution in [3.05, 3.63) is 88.5 Å². The second-order valence-electron chi connectivity index (χ2n) is 8.16. The fraction of sp³-hybridized carbons (Fsp3) is 0.231. The first kappa shape index (κ1) is 20.1. The molecule has 0 unspecified atom stereocenters. The van der Waals surface area contributed by atoms with Gasteiger partial charge in [-0.05, 0) is 56.2 Å². The number of imidazole rings is 1. The molecule has 4 aromatic rings. The van der Waals surface area contributed by atoms with Crippen molar-refractivity contribution < 1.29 is 9.59 Å². The van der Waals surface area contributed by atoms with Crippen molar-refractivity contribution >= 4 is 22.8 Å². The third-order valence-corrected chi connectivity index (χ3v) is 6.03. The summed E-state index contributed by atoms with van der Waals surface area (Å²) in [6.07, 6.45) is 1.42. The zero-order valence-electron chi connectivity index (χ0n) is 18.4. The van der Waals surface area contributed by atoms with Crippen LogP contribution in [0.25, 0.3) is 16.7 Å². The summed E-state index contributed by atoms with van der Waals surface area (Å²) >= 11 is 0. The van der Waals surface area contributed by atoms with Gasteiger partial charge in [-0.2, -0.15) is 0 Å². The standard InChI is InChI=1S/C26H24N4O2/c1-4-23-28-24-17(3)27-16(2)15-22(24)30(23)19-11-9-18(10-12-19)13-14-29-25(31)20-7-5-6-8-21(20)26(29)32/h5-12,15H,4,13-14H2,1-3H3. The van der Waals surface area contributed by atoms with Crippen LogP contribution in [0.5, 0.6) is 0 Å². The Morgan fingerprint density at radius 2 is 1.53 bits per heavy atom. The number of imide groups is 1. The largest absolute Gasteiger partial charge is 0.296 e. The number of nitrogens with zero attached hydrogens (tertiary/aromatic N) is 4. The second kappa shape index (κ2) is 7.71. The van der Waals surface area contributed by atoms with Gasteiger partial charge in [0, 0.05) is 24.3 Å². The van der Waals surface area contributed by atoms with Crippen molar-refractivity contribution in [3.8, 4) is 5.69 Å². The molecule has 0 saturated heterocycles. The first-order valence-electron chi connectivity index (χ1n) is 10.9. The molecule has 0 fully saturated rings. The molecule has 0 bridgehead atoms. The molecule has 6 heteroatoms. The van der Waals surface area contributed by atoms with E-state index in [1.165, 1.54) is 4.90 Å². The predicted molar refractivity (Wildman–Crippen MR) is 123 cm³/mol. The molecule has 6 nitrogen and oxygen atoms in total. The van der Waals surface area contributed by atoms with Gasteiger partial charge in [-0.3, -0.25) is 24.0 Å². The minimum absolute atomic E-state index is 0.209. The monoisotopic (exact) mass is 424 g/mol. The van der Waals surface area contributed by atoms with Crippen molar-refractivity contribution in [2.75, 3.05) is 6.54 Å². The van der Waals surface area contributed by atoms with Gasteiger partial charge in [-0.25, -0.2) is 4.98 Å². The SMILES string of the molecule is CCc1nc2c(C)nc(C)cc2n1-c1ccc(CCN2C(=O)c3ccccc3C2=O)cc1. The van der Waals surface area contributed by atoms with Crippen molar-refractivity contribution in [2.45, 2.75) is 33.6 Å². The number of hydrogen-bond donors (Lipinski definition) is 0. The summed E-state index contributed by atoms with van der Waals surface area (Å²) in [6.45, 7) is 6.46. The van der Waals surface area contributed by atoms with Gasteiger partial charge in [0.05, 0.1) is 22.3 Å². The van der Waals surface area contributed by atoms with E-state index in [0.29, 0.717) is 24.1 Å². The van der Waals surface area contributed by atoms with Crippen LogP contribution in [0.4, 0.5) is 0 Å². The third kappa shape index (κ3) is 3.19. The molecule has 0 spiro atoms. The molecule has 0 aliphatic carbocycles. The Kier molecular flexibility index (Phi) is 4.85. The van der Waals surface area contributed by atoms with Crippen molar-refractivity contribution in [2.24, 2.45) is 0 Å². The Balaban J connectivity index is 1.39. The lowest BCUT2D eigenvalue weighted by Gasteiger charge is -2.14. The summed E-state index contributed by atoms with van der Waals surface area (Å²) in [5, 5.41) is 0. The molecular formula is C26H24N4O2. The minimum Gasteiger partial charge on any atom is -0.296 e. The number of amides is 2. The van der Waals surface area contributed by atoms with E-state index < -0.39 is 0 Å². The van der Waals surface area contributed by atoms with Crippen LogP contribution in [-0.4, -0.2) is 37.8 Å². The van der Waals surface area contributed by atoms with Crippen LogP contribution in [0.3, 0.4) is 0 Å². The molecule has 32 heavy (non-hydrogen) atoms. The molecular weight excluding hydrogens is 400 g/mol. The number of benzene rings is 2. The van der Waals surface area contributed by atoms with E-state index in [9.17, 15) is 9.59 Å². The molecule has 3 heterocycles. The molecule has 1 aliphatic rings. The molecule has 0 N–H and O–H groups in total. The van der Waals surface area contributed by atoms with Gasteiger partial charge in [-0.15, -0.1) is 0 Å². The molecule has 2 aromatic heterocycles. The van der Waals surface area contributed by atoms with Gasteiger partial charge in [0.1, 0.15) is 11.3 Å². The number of rotatable bonds is 5. The van der Waals surface area contributed by atoms with Crippen LogP contribution in [0, 0.1) is 13.8 Å². The van der Waals surface area contributed by atoms with E-state index in [1.807, 2.05) is 13.8 Å². The molecule has 1 aliphatic heterocycles. The van der Waals surface area contributed by atoms with Gasteiger partial charge in [0.2, 0.25) is 0 Å². The van der Waals surface area contributed by atoms with Crippen LogP contribution in [-0.2, 0) is 12.8 Å².